The van der Waals surface area contributed by atoms with Gasteiger partial charge < -0.3 is 4.74 Å². The Morgan fingerprint density at radius 3 is 2.53 bits per heavy atom. The van der Waals surface area contributed by atoms with Gasteiger partial charge in [-0.1, -0.05) is 20.8 Å². The summed E-state index contributed by atoms with van der Waals surface area (Å²) in [5.74, 6) is 1.20. The molecule has 0 radical (unpaired) electrons. The Kier molecular flexibility index (Phi) is 5.82. The second kappa shape index (κ2) is 6.91. The van der Waals surface area contributed by atoms with Crippen LogP contribution in [0.3, 0.4) is 0 Å². The fourth-order valence-corrected chi connectivity index (χ4v) is 2.86. The minimum Gasteiger partial charge on any atom is -0.496 e. The maximum Gasteiger partial charge on any atom is 0.240 e. The fourth-order valence-electron chi connectivity index (χ4n) is 1.76. The molecule has 19 heavy (non-hydrogen) atoms. The quantitative estimate of drug-likeness (QED) is 0.837. The zero-order valence-electron chi connectivity index (χ0n) is 12.1. The Bertz CT molecular complexity index is 509. The summed E-state index contributed by atoms with van der Waals surface area (Å²) >= 11 is 0. The minimum atomic E-state index is -3.42. The number of nitrogens with one attached hydrogen (secondary N) is 1. The van der Waals surface area contributed by atoms with Crippen LogP contribution in [-0.2, 0) is 16.4 Å². The number of sulfonamides is 1. The van der Waals surface area contributed by atoms with E-state index in [2.05, 4.69) is 18.6 Å². The van der Waals surface area contributed by atoms with Crippen LogP contribution in [-0.4, -0.2) is 22.1 Å². The molecule has 0 unspecified atom stereocenters. The maximum atomic E-state index is 12.1. The Labute approximate surface area is 116 Å². The van der Waals surface area contributed by atoms with Crippen molar-refractivity contribution in [3.8, 4) is 5.75 Å². The molecule has 0 spiro atoms. The monoisotopic (exact) mass is 285 g/mol. The van der Waals surface area contributed by atoms with Gasteiger partial charge in [0, 0.05) is 6.54 Å². The highest BCUT2D eigenvalue weighted by molar-refractivity contribution is 7.89. The number of ether oxygens (including phenoxy) is 1. The van der Waals surface area contributed by atoms with Crippen molar-refractivity contribution in [2.75, 3.05) is 13.7 Å². The Morgan fingerprint density at radius 1 is 1.32 bits per heavy atom. The molecule has 5 heteroatoms. The highest BCUT2D eigenvalue weighted by Crippen LogP contribution is 2.22. The van der Waals surface area contributed by atoms with E-state index in [-0.39, 0.29) is 0 Å². The van der Waals surface area contributed by atoms with Crippen molar-refractivity contribution >= 4 is 10.0 Å². The number of benzene rings is 1. The van der Waals surface area contributed by atoms with Gasteiger partial charge in [-0.3, -0.25) is 0 Å². The maximum absolute atomic E-state index is 12.1. The van der Waals surface area contributed by atoms with Crippen LogP contribution in [0.25, 0.3) is 0 Å². The SMILES string of the molecule is CCc1cc(S(=O)(=O)NCCC(C)C)ccc1OC. The Balaban J connectivity index is 2.89. The molecule has 1 rings (SSSR count). The highest BCUT2D eigenvalue weighted by atomic mass is 32.2. The smallest absolute Gasteiger partial charge is 0.240 e. The van der Waals surface area contributed by atoms with Gasteiger partial charge in [0.1, 0.15) is 5.75 Å². The molecular formula is C14H23NO3S. The van der Waals surface area contributed by atoms with Crippen LogP contribution >= 0.6 is 0 Å². The van der Waals surface area contributed by atoms with Crippen molar-refractivity contribution in [3.05, 3.63) is 23.8 Å². The van der Waals surface area contributed by atoms with Crippen molar-refractivity contribution in [2.45, 2.75) is 38.5 Å². The second-order valence-corrected chi connectivity index (χ2v) is 6.67. The molecule has 0 atom stereocenters. The molecule has 1 aromatic rings. The first-order valence-electron chi connectivity index (χ1n) is 6.57. The van der Waals surface area contributed by atoms with E-state index >= 15 is 0 Å². The Morgan fingerprint density at radius 2 is 2.00 bits per heavy atom. The van der Waals surface area contributed by atoms with Gasteiger partial charge in [-0.15, -0.1) is 0 Å². The first-order chi connectivity index (χ1) is 8.90. The predicted octanol–water partition coefficient (Wildman–Crippen LogP) is 2.58. The first kappa shape index (κ1) is 16.0. The summed E-state index contributed by atoms with van der Waals surface area (Å²) in [4.78, 5) is 0.300. The number of rotatable bonds is 7. The summed E-state index contributed by atoms with van der Waals surface area (Å²) in [6.07, 6.45) is 1.56. The normalized spacial score (nSPS) is 11.8. The zero-order valence-corrected chi connectivity index (χ0v) is 12.9. The van der Waals surface area contributed by atoms with E-state index in [1.54, 1.807) is 25.3 Å². The van der Waals surface area contributed by atoms with E-state index in [1.165, 1.54) is 0 Å². The number of aryl methyl sites for hydroxylation is 1. The first-order valence-corrected chi connectivity index (χ1v) is 8.05. The summed E-state index contributed by atoms with van der Waals surface area (Å²) < 4.78 is 32.1. The molecule has 0 saturated heterocycles. The molecule has 1 N–H and O–H groups in total. The van der Waals surface area contributed by atoms with Crippen molar-refractivity contribution in [1.82, 2.24) is 4.72 Å². The molecule has 1 aromatic carbocycles. The topological polar surface area (TPSA) is 55.4 Å². The van der Waals surface area contributed by atoms with Gasteiger partial charge in [0.25, 0.3) is 0 Å². The van der Waals surface area contributed by atoms with E-state index in [0.29, 0.717) is 17.4 Å². The molecule has 4 nitrogen and oxygen atoms in total. The van der Waals surface area contributed by atoms with Crippen LogP contribution in [0.5, 0.6) is 5.75 Å². The van der Waals surface area contributed by atoms with Crippen LogP contribution < -0.4 is 9.46 Å². The van der Waals surface area contributed by atoms with Crippen LogP contribution in [0.15, 0.2) is 23.1 Å². The lowest BCUT2D eigenvalue weighted by Gasteiger charge is -2.11. The van der Waals surface area contributed by atoms with E-state index in [0.717, 1.165) is 24.2 Å². The lowest BCUT2D eigenvalue weighted by molar-refractivity contribution is 0.409. The van der Waals surface area contributed by atoms with E-state index < -0.39 is 10.0 Å². The molecule has 0 fully saturated rings. The summed E-state index contributed by atoms with van der Waals surface area (Å²) in [6, 6.07) is 4.96. The van der Waals surface area contributed by atoms with Gasteiger partial charge in [-0.25, -0.2) is 13.1 Å². The number of methoxy groups -OCH3 is 1. The highest BCUT2D eigenvalue weighted by Gasteiger charge is 2.15. The van der Waals surface area contributed by atoms with Crippen LogP contribution in [0.2, 0.25) is 0 Å². The summed E-state index contributed by atoms with van der Waals surface area (Å²) in [5, 5.41) is 0. The molecule has 0 heterocycles. The molecule has 0 bridgehead atoms. The summed E-state index contributed by atoms with van der Waals surface area (Å²) in [7, 11) is -1.83. The lowest BCUT2D eigenvalue weighted by atomic mass is 10.1. The third-order valence-corrected chi connectivity index (χ3v) is 4.42. The standard InChI is InChI=1S/C14H23NO3S/c1-5-12-10-13(6-7-14(12)18-4)19(16,17)15-9-8-11(2)3/h6-7,10-11,15H,5,8-9H2,1-4H3. The number of hydrogen-bond donors (Lipinski definition) is 1. The average molecular weight is 285 g/mol. The van der Waals surface area contributed by atoms with Gasteiger partial charge in [0.2, 0.25) is 10.0 Å². The van der Waals surface area contributed by atoms with Gasteiger partial charge in [0.05, 0.1) is 12.0 Å². The molecule has 0 aromatic heterocycles. The predicted molar refractivity (Wildman–Crippen MR) is 77.0 cm³/mol. The largest absolute Gasteiger partial charge is 0.496 e. The second-order valence-electron chi connectivity index (χ2n) is 4.91. The van der Waals surface area contributed by atoms with E-state index in [4.69, 9.17) is 4.74 Å². The molecule has 0 saturated carbocycles. The van der Waals surface area contributed by atoms with Gasteiger partial charge >= 0.3 is 0 Å². The number of hydrogen-bond acceptors (Lipinski definition) is 3. The van der Waals surface area contributed by atoms with E-state index in [1.807, 2.05) is 6.92 Å². The summed E-state index contributed by atoms with van der Waals surface area (Å²) in [6.45, 7) is 6.57. The molecule has 108 valence electrons. The van der Waals surface area contributed by atoms with E-state index in [9.17, 15) is 8.42 Å². The molecule has 0 amide bonds. The van der Waals surface area contributed by atoms with Crippen molar-refractivity contribution in [3.63, 3.8) is 0 Å². The van der Waals surface area contributed by atoms with Crippen LogP contribution in [0, 0.1) is 5.92 Å². The summed E-state index contributed by atoms with van der Waals surface area (Å²) in [5.41, 5.74) is 0.897. The molecule has 0 aliphatic heterocycles. The van der Waals surface area contributed by atoms with Gasteiger partial charge in [0.15, 0.2) is 0 Å². The van der Waals surface area contributed by atoms with Crippen molar-refractivity contribution in [1.29, 1.82) is 0 Å². The van der Waals surface area contributed by atoms with Crippen molar-refractivity contribution in [2.24, 2.45) is 5.92 Å². The average Bonchev–Trinajstić information content (AvgIpc) is 2.37. The fraction of sp³-hybridized carbons (Fsp3) is 0.571. The molecule has 0 aliphatic carbocycles. The molecule has 0 aliphatic rings. The Hall–Kier alpha value is -1.07. The minimum absolute atomic E-state index is 0.300. The molecular weight excluding hydrogens is 262 g/mol. The van der Waals surface area contributed by atoms with Gasteiger partial charge in [-0.2, -0.15) is 0 Å². The zero-order chi connectivity index (χ0) is 14.5. The van der Waals surface area contributed by atoms with Crippen molar-refractivity contribution < 1.29 is 13.2 Å². The van der Waals surface area contributed by atoms with Gasteiger partial charge in [-0.05, 0) is 42.5 Å². The third-order valence-electron chi connectivity index (χ3n) is 2.96. The van der Waals surface area contributed by atoms with Crippen LogP contribution in [0.1, 0.15) is 32.8 Å². The van der Waals surface area contributed by atoms with Crippen LogP contribution in [0.4, 0.5) is 0 Å². The lowest BCUT2D eigenvalue weighted by Crippen LogP contribution is -2.25. The third kappa shape index (κ3) is 4.51.